The summed E-state index contributed by atoms with van der Waals surface area (Å²) in [5.74, 6) is 0.603. The van der Waals surface area contributed by atoms with E-state index in [2.05, 4.69) is 15.2 Å². The maximum atomic E-state index is 11.9. The Balaban J connectivity index is 1.90. The SMILES string of the molecule is CN(C)[C@@H]1CCN(C(=O)Nc2ccccn2)C1. The maximum Gasteiger partial charge on any atom is 0.323 e. The van der Waals surface area contributed by atoms with Crippen LogP contribution in [-0.4, -0.2) is 54.0 Å². The number of amides is 2. The molecule has 0 radical (unpaired) electrons. The zero-order valence-corrected chi connectivity index (χ0v) is 10.3. The van der Waals surface area contributed by atoms with Gasteiger partial charge in [0, 0.05) is 25.3 Å². The smallest absolute Gasteiger partial charge is 0.323 e. The van der Waals surface area contributed by atoms with E-state index in [-0.39, 0.29) is 6.03 Å². The van der Waals surface area contributed by atoms with Crippen LogP contribution >= 0.6 is 0 Å². The van der Waals surface area contributed by atoms with Crippen LogP contribution in [0.25, 0.3) is 0 Å². The molecule has 17 heavy (non-hydrogen) atoms. The van der Waals surface area contributed by atoms with E-state index in [1.807, 2.05) is 31.1 Å². The highest BCUT2D eigenvalue weighted by molar-refractivity contribution is 5.88. The molecule has 2 rings (SSSR count). The van der Waals surface area contributed by atoms with Gasteiger partial charge in [-0.05, 0) is 32.6 Å². The zero-order valence-electron chi connectivity index (χ0n) is 10.3. The molecule has 2 heterocycles. The van der Waals surface area contributed by atoms with Crippen molar-refractivity contribution in [2.24, 2.45) is 0 Å². The monoisotopic (exact) mass is 234 g/mol. The third kappa shape index (κ3) is 2.94. The fourth-order valence-corrected chi connectivity index (χ4v) is 1.97. The normalized spacial score (nSPS) is 19.7. The average molecular weight is 234 g/mol. The molecule has 1 atom stereocenters. The molecule has 1 saturated heterocycles. The Morgan fingerprint density at radius 2 is 2.35 bits per heavy atom. The number of pyridine rings is 1. The molecule has 0 aliphatic carbocycles. The number of likely N-dealkylation sites (N-methyl/N-ethyl adjacent to an activating group) is 1. The summed E-state index contributed by atoms with van der Waals surface area (Å²) in [5, 5.41) is 2.80. The number of nitrogens with zero attached hydrogens (tertiary/aromatic N) is 3. The van der Waals surface area contributed by atoms with Crippen molar-refractivity contribution in [1.82, 2.24) is 14.8 Å². The van der Waals surface area contributed by atoms with Crippen LogP contribution in [-0.2, 0) is 0 Å². The fraction of sp³-hybridized carbons (Fsp3) is 0.500. The summed E-state index contributed by atoms with van der Waals surface area (Å²) < 4.78 is 0. The number of carbonyl (C=O) groups excluding carboxylic acids is 1. The summed E-state index contributed by atoms with van der Waals surface area (Å²) in [4.78, 5) is 20.0. The highest BCUT2D eigenvalue weighted by Gasteiger charge is 2.27. The molecule has 1 N–H and O–H groups in total. The van der Waals surface area contributed by atoms with E-state index in [1.165, 1.54) is 0 Å². The van der Waals surface area contributed by atoms with E-state index in [0.29, 0.717) is 11.9 Å². The molecule has 5 nitrogen and oxygen atoms in total. The Hall–Kier alpha value is -1.62. The Labute approximate surface area is 101 Å². The van der Waals surface area contributed by atoms with Gasteiger partial charge in [-0.2, -0.15) is 0 Å². The van der Waals surface area contributed by atoms with Gasteiger partial charge in [-0.3, -0.25) is 5.32 Å². The summed E-state index contributed by atoms with van der Waals surface area (Å²) in [6.45, 7) is 1.59. The number of aromatic nitrogens is 1. The molecule has 92 valence electrons. The molecule has 1 aliphatic rings. The largest absolute Gasteiger partial charge is 0.323 e. The van der Waals surface area contributed by atoms with Crippen molar-refractivity contribution in [2.75, 3.05) is 32.5 Å². The number of hydrogen-bond acceptors (Lipinski definition) is 3. The van der Waals surface area contributed by atoms with Gasteiger partial charge in [0.05, 0.1) is 0 Å². The molecular formula is C12H18N4O. The lowest BCUT2D eigenvalue weighted by molar-refractivity contribution is 0.216. The van der Waals surface area contributed by atoms with Crippen molar-refractivity contribution in [3.05, 3.63) is 24.4 Å². The van der Waals surface area contributed by atoms with Gasteiger partial charge in [0.2, 0.25) is 0 Å². The second-order valence-electron chi connectivity index (χ2n) is 4.50. The van der Waals surface area contributed by atoms with Crippen LogP contribution in [0.1, 0.15) is 6.42 Å². The third-order valence-corrected chi connectivity index (χ3v) is 3.08. The molecule has 0 saturated carbocycles. The third-order valence-electron chi connectivity index (χ3n) is 3.08. The van der Waals surface area contributed by atoms with Gasteiger partial charge >= 0.3 is 6.03 Å². The molecule has 0 bridgehead atoms. The van der Waals surface area contributed by atoms with E-state index in [0.717, 1.165) is 19.5 Å². The first-order chi connectivity index (χ1) is 8.16. The number of hydrogen-bond donors (Lipinski definition) is 1. The van der Waals surface area contributed by atoms with Gasteiger partial charge in [-0.15, -0.1) is 0 Å². The van der Waals surface area contributed by atoms with E-state index in [4.69, 9.17) is 0 Å². The van der Waals surface area contributed by atoms with Crippen LogP contribution in [0.5, 0.6) is 0 Å². The van der Waals surface area contributed by atoms with Crippen molar-refractivity contribution < 1.29 is 4.79 Å². The quantitative estimate of drug-likeness (QED) is 0.837. The van der Waals surface area contributed by atoms with Gasteiger partial charge in [0.1, 0.15) is 5.82 Å². The van der Waals surface area contributed by atoms with Crippen molar-refractivity contribution in [2.45, 2.75) is 12.5 Å². The molecular weight excluding hydrogens is 216 g/mol. The molecule has 1 aliphatic heterocycles. The highest BCUT2D eigenvalue weighted by atomic mass is 16.2. The van der Waals surface area contributed by atoms with Crippen LogP contribution in [0.15, 0.2) is 24.4 Å². The van der Waals surface area contributed by atoms with Gasteiger partial charge < -0.3 is 9.80 Å². The van der Waals surface area contributed by atoms with E-state index in [9.17, 15) is 4.79 Å². The minimum atomic E-state index is -0.0620. The number of rotatable bonds is 2. The summed E-state index contributed by atoms with van der Waals surface area (Å²) in [5.41, 5.74) is 0. The maximum absolute atomic E-state index is 11.9. The van der Waals surface area contributed by atoms with Crippen LogP contribution in [0.4, 0.5) is 10.6 Å². The summed E-state index contributed by atoms with van der Waals surface area (Å²) in [6.07, 6.45) is 2.70. The van der Waals surface area contributed by atoms with E-state index >= 15 is 0 Å². The number of likely N-dealkylation sites (tertiary alicyclic amines) is 1. The lowest BCUT2D eigenvalue weighted by Gasteiger charge is -2.20. The first-order valence-electron chi connectivity index (χ1n) is 5.80. The van der Waals surface area contributed by atoms with E-state index in [1.54, 1.807) is 12.3 Å². The molecule has 1 fully saturated rings. The van der Waals surface area contributed by atoms with E-state index < -0.39 is 0 Å². The highest BCUT2D eigenvalue weighted by Crippen LogP contribution is 2.14. The topological polar surface area (TPSA) is 48.5 Å². The first kappa shape index (κ1) is 11.9. The summed E-state index contributed by atoms with van der Waals surface area (Å²) >= 11 is 0. The van der Waals surface area contributed by atoms with Crippen molar-refractivity contribution >= 4 is 11.8 Å². The predicted octanol–water partition coefficient (Wildman–Crippen LogP) is 1.25. The van der Waals surface area contributed by atoms with Gasteiger partial charge in [0.15, 0.2) is 0 Å². The standard InChI is InChI=1S/C12H18N4O/c1-15(2)10-6-8-16(9-10)12(17)14-11-5-3-4-7-13-11/h3-5,7,10H,6,8-9H2,1-2H3,(H,13,14,17)/t10-/m1/s1. The molecule has 0 aromatic carbocycles. The van der Waals surface area contributed by atoms with Gasteiger partial charge in [-0.25, -0.2) is 9.78 Å². The van der Waals surface area contributed by atoms with Crippen molar-refractivity contribution in [3.63, 3.8) is 0 Å². The molecule has 5 heteroatoms. The lowest BCUT2D eigenvalue weighted by Crippen LogP contribution is -2.36. The second-order valence-corrected chi connectivity index (χ2v) is 4.50. The molecule has 0 unspecified atom stereocenters. The Morgan fingerprint density at radius 3 is 2.94 bits per heavy atom. The van der Waals surface area contributed by atoms with Gasteiger partial charge in [0.25, 0.3) is 0 Å². The van der Waals surface area contributed by atoms with Crippen LogP contribution in [0.3, 0.4) is 0 Å². The Bertz CT molecular complexity index is 379. The summed E-state index contributed by atoms with van der Waals surface area (Å²) in [6, 6.07) is 5.87. The number of anilines is 1. The minimum absolute atomic E-state index is 0.0620. The van der Waals surface area contributed by atoms with Crippen LogP contribution in [0, 0.1) is 0 Å². The number of nitrogens with one attached hydrogen (secondary N) is 1. The van der Waals surface area contributed by atoms with Crippen molar-refractivity contribution in [3.8, 4) is 0 Å². The predicted molar refractivity (Wildman–Crippen MR) is 66.9 cm³/mol. The molecule has 1 aromatic heterocycles. The lowest BCUT2D eigenvalue weighted by atomic mass is 10.2. The molecule has 1 aromatic rings. The average Bonchev–Trinajstić information content (AvgIpc) is 2.79. The number of urea groups is 1. The van der Waals surface area contributed by atoms with Crippen LogP contribution in [0.2, 0.25) is 0 Å². The zero-order chi connectivity index (χ0) is 12.3. The minimum Gasteiger partial charge on any atom is -0.323 e. The van der Waals surface area contributed by atoms with Crippen molar-refractivity contribution in [1.29, 1.82) is 0 Å². The molecule has 2 amide bonds. The second kappa shape index (κ2) is 5.14. The van der Waals surface area contributed by atoms with Crippen LogP contribution < -0.4 is 5.32 Å². The molecule has 0 spiro atoms. The number of carbonyl (C=O) groups is 1. The fourth-order valence-electron chi connectivity index (χ4n) is 1.97. The Kier molecular flexibility index (Phi) is 3.58. The van der Waals surface area contributed by atoms with Gasteiger partial charge in [-0.1, -0.05) is 6.07 Å². The first-order valence-corrected chi connectivity index (χ1v) is 5.80. The Morgan fingerprint density at radius 1 is 1.53 bits per heavy atom. The summed E-state index contributed by atoms with van der Waals surface area (Å²) in [7, 11) is 4.09.